The fourth-order valence-electron chi connectivity index (χ4n) is 2.47. The highest BCUT2D eigenvalue weighted by molar-refractivity contribution is 5.60. The average Bonchev–Trinajstić information content (AvgIpc) is 2.31. The Labute approximate surface area is 100 Å². The lowest BCUT2D eigenvalue weighted by Crippen LogP contribution is -2.07. The van der Waals surface area contributed by atoms with Gasteiger partial charge in [0.1, 0.15) is 0 Å². The Balaban J connectivity index is 3.41. The highest BCUT2D eigenvalue weighted by Crippen LogP contribution is 2.32. The summed E-state index contributed by atoms with van der Waals surface area (Å²) in [5.74, 6) is 0.614. The van der Waals surface area contributed by atoms with Crippen LogP contribution in [-0.2, 0) is 12.8 Å². The van der Waals surface area contributed by atoms with E-state index >= 15 is 0 Å². The van der Waals surface area contributed by atoms with Gasteiger partial charge in [-0.25, -0.2) is 0 Å². The minimum Gasteiger partial charge on any atom is -0.398 e. The van der Waals surface area contributed by atoms with Crippen molar-refractivity contribution in [1.29, 1.82) is 0 Å². The second-order valence-electron chi connectivity index (χ2n) is 4.66. The zero-order valence-corrected chi connectivity index (χ0v) is 11.4. The quantitative estimate of drug-likeness (QED) is 0.754. The van der Waals surface area contributed by atoms with E-state index in [1.165, 1.54) is 28.7 Å². The van der Waals surface area contributed by atoms with Gasteiger partial charge >= 0.3 is 0 Å². The van der Waals surface area contributed by atoms with E-state index in [1.807, 2.05) is 0 Å². The van der Waals surface area contributed by atoms with E-state index in [0.717, 1.165) is 18.5 Å². The summed E-state index contributed by atoms with van der Waals surface area (Å²) in [5, 5.41) is 0. The van der Waals surface area contributed by atoms with E-state index in [0.29, 0.717) is 5.92 Å². The van der Waals surface area contributed by atoms with Crippen LogP contribution in [0.4, 0.5) is 5.69 Å². The van der Waals surface area contributed by atoms with E-state index in [1.54, 1.807) is 0 Å². The van der Waals surface area contributed by atoms with Crippen molar-refractivity contribution >= 4 is 5.69 Å². The fourth-order valence-corrected chi connectivity index (χ4v) is 2.47. The fraction of sp³-hybridized carbons (Fsp3) is 0.600. The number of nitrogen functional groups attached to an aromatic ring is 1. The molecule has 1 aromatic carbocycles. The van der Waals surface area contributed by atoms with Crippen LogP contribution in [0.15, 0.2) is 6.07 Å². The molecule has 0 saturated heterocycles. The molecule has 16 heavy (non-hydrogen) atoms. The topological polar surface area (TPSA) is 26.0 Å². The average molecular weight is 219 g/mol. The Hall–Kier alpha value is -0.980. The molecule has 0 aliphatic carbocycles. The Kier molecular flexibility index (Phi) is 4.40. The molecular formula is C15H25N. The van der Waals surface area contributed by atoms with Crippen LogP contribution < -0.4 is 5.73 Å². The van der Waals surface area contributed by atoms with Crippen molar-refractivity contribution < 1.29 is 0 Å². The predicted octanol–water partition coefficient (Wildman–Crippen LogP) is 4.22. The molecule has 1 atom stereocenters. The molecule has 1 rings (SSSR count). The van der Waals surface area contributed by atoms with Crippen molar-refractivity contribution in [2.45, 2.75) is 59.8 Å². The predicted molar refractivity (Wildman–Crippen MR) is 73.1 cm³/mol. The molecule has 90 valence electrons. The highest BCUT2D eigenvalue weighted by Gasteiger charge is 2.15. The van der Waals surface area contributed by atoms with Gasteiger partial charge < -0.3 is 5.73 Å². The summed E-state index contributed by atoms with van der Waals surface area (Å²) in [7, 11) is 0. The molecule has 0 spiro atoms. The van der Waals surface area contributed by atoms with Crippen molar-refractivity contribution in [3.8, 4) is 0 Å². The smallest absolute Gasteiger partial charge is 0.0379 e. The van der Waals surface area contributed by atoms with Crippen LogP contribution in [0.3, 0.4) is 0 Å². The molecule has 0 saturated carbocycles. The summed E-state index contributed by atoms with van der Waals surface area (Å²) >= 11 is 0. The number of nitrogens with two attached hydrogens (primary N) is 1. The number of hydrogen-bond donors (Lipinski definition) is 1. The van der Waals surface area contributed by atoms with Crippen LogP contribution >= 0.6 is 0 Å². The van der Waals surface area contributed by atoms with Gasteiger partial charge in [-0.1, -0.05) is 33.8 Å². The summed E-state index contributed by atoms with van der Waals surface area (Å²) in [6, 6.07) is 2.31. The molecule has 1 heteroatoms. The first-order valence-electron chi connectivity index (χ1n) is 6.47. The minimum atomic E-state index is 0.614. The number of benzene rings is 1. The van der Waals surface area contributed by atoms with E-state index in [9.17, 15) is 0 Å². The first-order valence-corrected chi connectivity index (χ1v) is 6.47. The molecule has 0 amide bonds. The third-order valence-electron chi connectivity index (χ3n) is 3.72. The van der Waals surface area contributed by atoms with Gasteiger partial charge in [-0.05, 0) is 54.4 Å². The van der Waals surface area contributed by atoms with Gasteiger partial charge in [0, 0.05) is 5.69 Å². The van der Waals surface area contributed by atoms with Crippen LogP contribution in [0.2, 0.25) is 0 Å². The molecule has 1 nitrogen and oxygen atoms in total. The molecule has 0 aromatic heterocycles. The lowest BCUT2D eigenvalue weighted by atomic mass is 9.85. The van der Waals surface area contributed by atoms with Gasteiger partial charge in [0.25, 0.3) is 0 Å². The second-order valence-corrected chi connectivity index (χ2v) is 4.66. The Morgan fingerprint density at radius 1 is 1.12 bits per heavy atom. The van der Waals surface area contributed by atoms with Crippen LogP contribution in [0.25, 0.3) is 0 Å². The van der Waals surface area contributed by atoms with E-state index in [4.69, 9.17) is 5.73 Å². The molecular weight excluding hydrogens is 194 g/mol. The number of aryl methyl sites for hydroxylation is 2. The van der Waals surface area contributed by atoms with Crippen molar-refractivity contribution in [2.75, 3.05) is 5.73 Å². The summed E-state index contributed by atoms with van der Waals surface area (Å²) in [6.07, 6.45) is 3.31. The summed E-state index contributed by atoms with van der Waals surface area (Å²) in [4.78, 5) is 0. The SMILES string of the molecule is CCc1cc(CC)c([C@@H](C)CC)c(C)c1N. The molecule has 0 heterocycles. The Bertz CT molecular complexity index is 366. The zero-order chi connectivity index (χ0) is 12.3. The second kappa shape index (κ2) is 5.38. The molecule has 0 radical (unpaired) electrons. The lowest BCUT2D eigenvalue weighted by Gasteiger charge is -2.21. The standard InChI is InChI=1S/C15H25N/c1-6-10(4)14-11(5)15(16)13(8-3)9-12(14)7-2/h9-10H,6-8,16H2,1-5H3/t10-/m0/s1. The minimum absolute atomic E-state index is 0.614. The van der Waals surface area contributed by atoms with Gasteiger partial charge in [-0.15, -0.1) is 0 Å². The summed E-state index contributed by atoms with van der Waals surface area (Å²) in [5.41, 5.74) is 12.8. The van der Waals surface area contributed by atoms with Gasteiger partial charge in [-0.2, -0.15) is 0 Å². The molecule has 0 fully saturated rings. The van der Waals surface area contributed by atoms with Crippen molar-refractivity contribution in [1.82, 2.24) is 0 Å². The summed E-state index contributed by atoms with van der Waals surface area (Å²) < 4.78 is 0. The first-order chi connectivity index (χ1) is 7.56. The monoisotopic (exact) mass is 219 g/mol. The molecule has 0 aliphatic heterocycles. The summed E-state index contributed by atoms with van der Waals surface area (Å²) in [6.45, 7) is 11.1. The maximum Gasteiger partial charge on any atom is 0.0379 e. The van der Waals surface area contributed by atoms with Gasteiger partial charge in [0.2, 0.25) is 0 Å². The molecule has 0 bridgehead atoms. The van der Waals surface area contributed by atoms with Gasteiger partial charge in [0.05, 0.1) is 0 Å². The van der Waals surface area contributed by atoms with Crippen molar-refractivity contribution in [3.05, 3.63) is 28.3 Å². The first kappa shape index (κ1) is 13.1. The maximum atomic E-state index is 6.21. The van der Waals surface area contributed by atoms with Gasteiger partial charge in [-0.3, -0.25) is 0 Å². The van der Waals surface area contributed by atoms with Crippen LogP contribution in [-0.4, -0.2) is 0 Å². The van der Waals surface area contributed by atoms with Crippen molar-refractivity contribution in [2.24, 2.45) is 0 Å². The Morgan fingerprint density at radius 3 is 2.12 bits per heavy atom. The highest BCUT2D eigenvalue weighted by atomic mass is 14.6. The maximum absolute atomic E-state index is 6.21. The number of hydrogen-bond acceptors (Lipinski definition) is 1. The molecule has 1 aromatic rings. The van der Waals surface area contributed by atoms with E-state index < -0.39 is 0 Å². The molecule has 0 unspecified atom stereocenters. The van der Waals surface area contributed by atoms with Crippen LogP contribution in [0.1, 0.15) is 62.3 Å². The molecule has 0 aliphatic rings. The normalized spacial score (nSPS) is 12.8. The van der Waals surface area contributed by atoms with Crippen molar-refractivity contribution in [3.63, 3.8) is 0 Å². The third-order valence-corrected chi connectivity index (χ3v) is 3.72. The van der Waals surface area contributed by atoms with Crippen LogP contribution in [0, 0.1) is 6.92 Å². The van der Waals surface area contributed by atoms with E-state index in [-0.39, 0.29) is 0 Å². The number of rotatable bonds is 4. The lowest BCUT2D eigenvalue weighted by molar-refractivity contribution is 0.717. The third kappa shape index (κ3) is 2.23. The largest absolute Gasteiger partial charge is 0.398 e. The van der Waals surface area contributed by atoms with Gasteiger partial charge in [0.15, 0.2) is 0 Å². The Morgan fingerprint density at radius 2 is 1.69 bits per heavy atom. The number of anilines is 1. The van der Waals surface area contributed by atoms with Crippen LogP contribution in [0.5, 0.6) is 0 Å². The zero-order valence-electron chi connectivity index (χ0n) is 11.4. The molecule has 2 N–H and O–H groups in total. The van der Waals surface area contributed by atoms with E-state index in [2.05, 4.69) is 40.7 Å².